The van der Waals surface area contributed by atoms with Gasteiger partial charge in [0.2, 0.25) is 5.52 Å². The Hall–Kier alpha value is -1.71. The summed E-state index contributed by atoms with van der Waals surface area (Å²) in [5, 5.41) is 9.26. The number of benzene rings is 1. The molecule has 0 amide bonds. The number of hydrogen-bond donors (Lipinski definition) is 2. The highest BCUT2D eigenvalue weighted by atomic mass is 16.5. The Labute approximate surface area is 69.0 Å². The van der Waals surface area contributed by atoms with Crippen molar-refractivity contribution in [1.82, 2.24) is 4.98 Å². The van der Waals surface area contributed by atoms with Gasteiger partial charge in [0.15, 0.2) is 5.52 Å². The third-order valence-corrected chi connectivity index (χ3v) is 1.79. The second-order valence-corrected chi connectivity index (χ2v) is 2.50. The molecular weight excluding hydrogens is 156 g/mol. The number of hydrogen-bond acceptors (Lipinski definition) is 2. The van der Waals surface area contributed by atoms with Gasteiger partial charge in [-0.15, -0.1) is 0 Å². The van der Waals surface area contributed by atoms with Crippen LogP contribution in [0.4, 0.5) is 0 Å². The first-order valence-electron chi connectivity index (χ1n) is 3.57. The molecule has 0 bridgehead atoms. The molecule has 2 aromatic rings. The highest BCUT2D eigenvalue weighted by Gasteiger charge is 2.08. The number of imidazole rings is 1. The molecule has 1 heterocycles. The normalized spacial score (nSPS) is 10.4. The molecule has 2 N–H and O–H groups in total. The summed E-state index contributed by atoms with van der Waals surface area (Å²) >= 11 is 0. The van der Waals surface area contributed by atoms with Gasteiger partial charge in [-0.3, -0.25) is 0 Å². The lowest BCUT2D eigenvalue weighted by Crippen LogP contribution is -2.26. The Balaban J connectivity index is 2.71. The molecule has 62 valence electrons. The van der Waals surface area contributed by atoms with Crippen LogP contribution in [0.25, 0.3) is 11.0 Å². The molecule has 0 saturated carbocycles. The number of fused-ring (bicyclic) bond motifs is 1. The smallest absolute Gasteiger partial charge is 0.283 e. The second kappa shape index (κ2) is 2.41. The molecule has 0 aliphatic carbocycles. The lowest BCUT2D eigenvalue weighted by atomic mass is 10.3. The fourth-order valence-electron chi connectivity index (χ4n) is 1.15. The van der Waals surface area contributed by atoms with Crippen molar-refractivity contribution in [2.75, 3.05) is 7.11 Å². The molecule has 0 aliphatic heterocycles. The Kier molecular flexibility index (Phi) is 1.40. The predicted octanol–water partition coefficient (Wildman–Crippen LogP) is 0.701. The highest BCUT2D eigenvalue weighted by molar-refractivity contribution is 5.72. The van der Waals surface area contributed by atoms with Crippen molar-refractivity contribution in [1.29, 1.82) is 0 Å². The highest BCUT2D eigenvalue weighted by Crippen LogP contribution is 2.15. The van der Waals surface area contributed by atoms with E-state index in [1.54, 1.807) is 13.2 Å². The number of nitrogens with zero attached hydrogens (tertiary/aromatic N) is 1. The summed E-state index contributed by atoms with van der Waals surface area (Å²) in [5.41, 5.74) is 1.58. The first-order valence-corrected chi connectivity index (χ1v) is 3.57. The zero-order valence-corrected chi connectivity index (χ0v) is 6.61. The average molecular weight is 165 g/mol. The largest absolute Gasteiger partial charge is 0.497 e. The van der Waals surface area contributed by atoms with Crippen LogP contribution < -0.4 is 9.47 Å². The van der Waals surface area contributed by atoms with Crippen molar-refractivity contribution in [3.05, 3.63) is 24.5 Å². The fourth-order valence-corrected chi connectivity index (χ4v) is 1.15. The zero-order valence-electron chi connectivity index (χ0n) is 6.61. The van der Waals surface area contributed by atoms with Crippen LogP contribution in [0.5, 0.6) is 5.75 Å². The third-order valence-electron chi connectivity index (χ3n) is 1.79. The van der Waals surface area contributed by atoms with Gasteiger partial charge in [0.05, 0.1) is 7.11 Å². The topological polar surface area (TPSA) is 49.1 Å². The molecule has 1 aromatic heterocycles. The van der Waals surface area contributed by atoms with Gasteiger partial charge in [-0.05, 0) is 16.9 Å². The number of methoxy groups -OCH3 is 1. The zero-order chi connectivity index (χ0) is 8.55. The van der Waals surface area contributed by atoms with Gasteiger partial charge in [-0.1, -0.05) is 0 Å². The van der Waals surface area contributed by atoms with Crippen molar-refractivity contribution in [2.24, 2.45) is 0 Å². The van der Waals surface area contributed by atoms with Crippen molar-refractivity contribution < 1.29 is 14.7 Å². The SMILES string of the molecule is COc1ccc2[nH]c[n+](O)c2c1. The molecule has 0 saturated heterocycles. The molecule has 0 radical (unpaired) electrons. The van der Waals surface area contributed by atoms with Gasteiger partial charge < -0.3 is 9.94 Å². The maximum Gasteiger partial charge on any atom is 0.283 e. The number of aromatic nitrogens is 2. The van der Waals surface area contributed by atoms with E-state index in [-0.39, 0.29) is 0 Å². The fraction of sp³-hybridized carbons (Fsp3) is 0.125. The molecule has 0 fully saturated rings. The van der Waals surface area contributed by atoms with E-state index in [0.29, 0.717) is 5.52 Å². The van der Waals surface area contributed by atoms with Crippen molar-refractivity contribution >= 4 is 11.0 Å². The Morgan fingerprint density at radius 2 is 2.33 bits per heavy atom. The number of H-pyrrole nitrogens is 1. The quantitative estimate of drug-likeness (QED) is 0.482. The summed E-state index contributed by atoms with van der Waals surface area (Å²) < 4.78 is 6.03. The minimum atomic E-state index is 0.703. The van der Waals surface area contributed by atoms with Crippen LogP contribution in [-0.2, 0) is 0 Å². The van der Waals surface area contributed by atoms with Gasteiger partial charge in [-0.25, -0.2) is 4.98 Å². The Bertz CT molecular complexity index is 408. The van der Waals surface area contributed by atoms with Crippen molar-refractivity contribution in [2.45, 2.75) is 0 Å². The maximum atomic E-state index is 9.26. The van der Waals surface area contributed by atoms with Crippen LogP contribution in [0.2, 0.25) is 0 Å². The van der Waals surface area contributed by atoms with E-state index in [1.165, 1.54) is 6.33 Å². The van der Waals surface area contributed by atoms with E-state index >= 15 is 0 Å². The summed E-state index contributed by atoms with van der Waals surface area (Å²) in [5.74, 6) is 0.727. The van der Waals surface area contributed by atoms with Gasteiger partial charge in [0.1, 0.15) is 5.75 Å². The molecule has 0 atom stereocenters. The first-order chi connectivity index (χ1) is 5.81. The Morgan fingerprint density at radius 1 is 1.50 bits per heavy atom. The summed E-state index contributed by atoms with van der Waals surface area (Å²) in [6.45, 7) is 0. The summed E-state index contributed by atoms with van der Waals surface area (Å²) in [6.07, 6.45) is 1.48. The molecule has 1 aromatic carbocycles. The number of ether oxygens (including phenoxy) is 1. The van der Waals surface area contributed by atoms with E-state index in [4.69, 9.17) is 4.74 Å². The number of rotatable bonds is 1. The van der Waals surface area contributed by atoms with Crippen molar-refractivity contribution in [3.8, 4) is 5.75 Å². The third kappa shape index (κ3) is 0.887. The van der Waals surface area contributed by atoms with Crippen LogP contribution in [0.1, 0.15) is 0 Å². The molecule has 4 heteroatoms. The summed E-state index contributed by atoms with van der Waals surface area (Å²) in [7, 11) is 1.59. The Morgan fingerprint density at radius 3 is 3.08 bits per heavy atom. The monoisotopic (exact) mass is 165 g/mol. The molecule has 0 aliphatic rings. The molecular formula is C8H9N2O2+. The van der Waals surface area contributed by atoms with Gasteiger partial charge in [-0.2, -0.15) is 0 Å². The molecule has 12 heavy (non-hydrogen) atoms. The van der Waals surface area contributed by atoms with E-state index < -0.39 is 0 Å². The second-order valence-electron chi connectivity index (χ2n) is 2.50. The van der Waals surface area contributed by atoms with Gasteiger partial charge >= 0.3 is 0 Å². The molecule has 0 unspecified atom stereocenters. The van der Waals surface area contributed by atoms with Crippen LogP contribution in [-0.4, -0.2) is 17.3 Å². The average Bonchev–Trinajstić information content (AvgIpc) is 2.47. The number of aromatic amines is 1. The van der Waals surface area contributed by atoms with E-state index in [1.807, 2.05) is 12.1 Å². The summed E-state index contributed by atoms with van der Waals surface area (Å²) in [6, 6.07) is 5.44. The van der Waals surface area contributed by atoms with Crippen LogP contribution in [0.15, 0.2) is 24.5 Å². The molecule has 0 spiro atoms. The van der Waals surface area contributed by atoms with Crippen molar-refractivity contribution in [3.63, 3.8) is 0 Å². The van der Waals surface area contributed by atoms with E-state index in [9.17, 15) is 5.21 Å². The van der Waals surface area contributed by atoms with E-state index in [0.717, 1.165) is 16.0 Å². The minimum Gasteiger partial charge on any atom is -0.497 e. The lowest BCUT2D eigenvalue weighted by molar-refractivity contribution is -0.884. The molecule has 4 nitrogen and oxygen atoms in total. The lowest BCUT2D eigenvalue weighted by Gasteiger charge is -1.95. The van der Waals surface area contributed by atoms with E-state index in [2.05, 4.69) is 4.98 Å². The summed E-state index contributed by atoms with van der Waals surface area (Å²) in [4.78, 5) is 2.90. The maximum absolute atomic E-state index is 9.26. The standard InChI is InChI=1S/C8H8N2O2/c1-12-6-2-3-7-8(4-6)10(11)5-9-7/h2-5,11H,1H3/p+1. The van der Waals surface area contributed by atoms with Gasteiger partial charge in [0, 0.05) is 6.07 Å². The van der Waals surface area contributed by atoms with Crippen LogP contribution in [0, 0.1) is 0 Å². The predicted molar refractivity (Wildman–Crippen MR) is 42.2 cm³/mol. The molecule has 2 rings (SSSR count). The van der Waals surface area contributed by atoms with Gasteiger partial charge in [0.25, 0.3) is 6.33 Å². The van der Waals surface area contributed by atoms with Crippen LogP contribution in [0.3, 0.4) is 0 Å². The number of nitrogens with one attached hydrogen (secondary N) is 1. The first kappa shape index (κ1) is 6.97. The minimum absolute atomic E-state index is 0.703. The van der Waals surface area contributed by atoms with Crippen LogP contribution >= 0.6 is 0 Å².